The Kier molecular flexibility index (Phi) is 4.89. The van der Waals surface area contributed by atoms with Gasteiger partial charge in [-0.25, -0.2) is 22.0 Å². The van der Waals surface area contributed by atoms with Crippen molar-refractivity contribution in [3.63, 3.8) is 0 Å². The topological polar surface area (TPSA) is 0 Å². The van der Waals surface area contributed by atoms with Crippen LogP contribution in [0.4, 0.5) is 22.0 Å². The first kappa shape index (κ1) is 18.9. The minimum atomic E-state index is -1.69. The molecule has 0 atom stereocenters. The lowest BCUT2D eigenvalue weighted by Gasteiger charge is -2.10. The molecule has 0 spiro atoms. The van der Waals surface area contributed by atoms with Crippen molar-refractivity contribution in [2.45, 2.75) is 0 Å². The smallest absolute Gasteiger partial charge is 0.194 e. The SMILES string of the molecule is Fc1cc(-c2c(F)cc(-c3ccc(-c4ccccc4)cc3)cc2F)cc(F)c1F. The van der Waals surface area contributed by atoms with Gasteiger partial charge in [0.25, 0.3) is 0 Å². The molecule has 0 aliphatic carbocycles. The highest BCUT2D eigenvalue weighted by Gasteiger charge is 2.18. The van der Waals surface area contributed by atoms with Gasteiger partial charge in [-0.05, 0) is 52.1 Å². The molecule has 0 N–H and O–H groups in total. The van der Waals surface area contributed by atoms with E-state index in [1.54, 1.807) is 12.1 Å². The van der Waals surface area contributed by atoms with Gasteiger partial charge in [0.1, 0.15) is 11.6 Å². The van der Waals surface area contributed by atoms with Gasteiger partial charge in [-0.15, -0.1) is 0 Å². The fraction of sp³-hybridized carbons (Fsp3) is 0. The largest absolute Gasteiger partial charge is 0.206 e. The molecule has 5 heteroatoms. The summed E-state index contributed by atoms with van der Waals surface area (Å²) in [5, 5.41) is 0. The van der Waals surface area contributed by atoms with E-state index in [1.807, 2.05) is 42.5 Å². The molecule has 0 radical (unpaired) electrons. The van der Waals surface area contributed by atoms with E-state index in [-0.39, 0.29) is 5.56 Å². The second-order valence-electron chi connectivity index (χ2n) is 6.51. The van der Waals surface area contributed by atoms with Gasteiger partial charge in [0.05, 0.1) is 5.56 Å². The molecule has 0 saturated carbocycles. The third kappa shape index (κ3) is 3.63. The van der Waals surface area contributed by atoms with E-state index in [0.717, 1.165) is 23.3 Å². The molecule has 0 amide bonds. The highest BCUT2D eigenvalue weighted by molar-refractivity contribution is 5.74. The van der Waals surface area contributed by atoms with Crippen LogP contribution in [0.3, 0.4) is 0 Å². The van der Waals surface area contributed by atoms with Gasteiger partial charge in [-0.3, -0.25) is 0 Å². The second kappa shape index (κ2) is 7.51. The molecule has 0 heterocycles. The van der Waals surface area contributed by atoms with Gasteiger partial charge in [0, 0.05) is 0 Å². The maximum Gasteiger partial charge on any atom is 0.194 e. The highest BCUT2D eigenvalue weighted by atomic mass is 19.2. The zero-order valence-electron chi connectivity index (χ0n) is 14.9. The van der Waals surface area contributed by atoms with Crippen LogP contribution in [-0.4, -0.2) is 0 Å². The van der Waals surface area contributed by atoms with Crippen molar-refractivity contribution in [1.82, 2.24) is 0 Å². The lowest BCUT2D eigenvalue weighted by Crippen LogP contribution is -1.97. The van der Waals surface area contributed by atoms with E-state index < -0.39 is 40.2 Å². The van der Waals surface area contributed by atoms with Crippen molar-refractivity contribution in [2.24, 2.45) is 0 Å². The Labute approximate surface area is 163 Å². The first-order chi connectivity index (χ1) is 13.9. The minimum absolute atomic E-state index is 0.270. The van der Waals surface area contributed by atoms with Gasteiger partial charge in [-0.2, -0.15) is 0 Å². The zero-order chi connectivity index (χ0) is 20.5. The molecule has 0 aliphatic heterocycles. The molecule has 4 aromatic carbocycles. The highest BCUT2D eigenvalue weighted by Crippen LogP contribution is 2.33. The van der Waals surface area contributed by atoms with E-state index in [4.69, 9.17) is 0 Å². The third-order valence-electron chi connectivity index (χ3n) is 4.64. The van der Waals surface area contributed by atoms with Crippen LogP contribution in [0.25, 0.3) is 33.4 Å². The van der Waals surface area contributed by atoms with E-state index in [2.05, 4.69) is 0 Å². The quantitative estimate of drug-likeness (QED) is 0.250. The summed E-state index contributed by atoms with van der Waals surface area (Å²) < 4.78 is 69.3. The molecule has 4 rings (SSSR count). The summed E-state index contributed by atoms with van der Waals surface area (Å²) >= 11 is 0. The number of hydrogen-bond donors (Lipinski definition) is 0. The molecule has 0 fully saturated rings. The van der Waals surface area contributed by atoms with Crippen molar-refractivity contribution >= 4 is 0 Å². The average Bonchev–Trinajstić information content (AvgIpc) is 2.72. The van der Waals surface area contributed by atoms with Crippen LogP contribution in [0.15, 0.2) is 78.9 Å². The maximum absolute atomic E-state index is 14.6. The third-order valence-corrected chi connectivity index (χ3v) is 4.64. The average molecular weight is 396 g/mol. The first-order valence-electron chi connectivity index (χ1n) is 8.74. The van der Waals surface area contributed by atoms with Gasteiger partial charge < -0.3 is 0 Å². The molecule has 0 unspecified atom stereocenters. The molecule has 29 heavy (non-hydrogen) atoms. The van der Waals surface area contributed by atoms with Crippen LogP contribution >= 0.6 is 0 Å². The predicted molar refractivity (Wildman–Crippen MR) is 103 cm³/mol. The number of hydrogen-bond acceptors (Lipinski definition) is 0. The van der Waals surface area contributed by atoms with Crippen LogP contribution in [0, 0.1) is 29.1 Å². The Morgan fingerprint density at radius 1 is 0.379 bits per heavy atom. The molecule has 144 valence electrons. The van der Waals surface area contributed by atoms with Gasteiger partial charge >= 0.3 is 0 Å². The Morgan fingerprint density at radius 2 is 0.793 bits per heavy atom. The summed E-state index contributed by atoms with van der Waals surface area (Å²) in [5.74, 6) is -6.72. The molecule has 0 bridgehead atoms. The fourth-order valence-electron chi connectivity index (χ4n) is 3.20. The summed E-state index contributed by atoms with van der Waals surface area (Å²) in [5.41, 5.74) is 1.77. The Bertz CT molecular complexity index is 1140. The molecule has 0 saturated heterocycles. The Balaban J connectivity index is 1.72. The molecule has 0 aromatic heterocycles. The summed E-state index contributed by atoms with van der Waals surface area (Å²) in [7, 11) is 0. The van der Waals surface area contributed by atoms with Crippen LogP contribution in [-0.2, 0) is 0 Å². The Hall–Kier alpha value is -3.47. The molecular weight excluding hydrogens is 383 g/mol. The van der Waals surface area contributed by atoms with Gasteiger partial charge in [0.15, 0.2) is 17.5 Å². The Morgan fingerprint density at radius 3 is 1.31 bits per heavy atom. The van der Waals surface area contributed by atoms with E-state index >= 15 is 0 Å². The zero-order valence-corrected chi connectivity index (χ0v) is 14.9. The van der Waals surface area contributed by atoms with Crippen LogP contribution in [0.2, 0.25) is 0 Å². The monoisotopic (exact) mass is 396 g/mol. The van der Waals surface area contributed by atoms with E-state index in [9.17, 15) is 22.0 Å². The van der Waals surface area contributed by atoms with E-state index in [0.29, 0.717) is 17.7 Å². The molecule has 0 aliphatic rings. The minimum Gasteiger partial charge on any atom is -0.206 e. The number of benzene rings is 4. The summed E-state index contributed by atoms with van der Waals surface area (Å²) in [4.78, 5) is 0. The van der Waals surface area contributed by atoms with Crippen molar-refractivity contribution in [3.05, 3.63) is 108 Å². The lowest BCUT2D eigenvalue weighted by molar-refractivity contribution is 0.447. The van der Waals surface area contributed by atoms with Crippen LogP contribution < -0.4 is 0 Å². The molecule has 0 nitrogen and oxygen atoms in total. The van der Waals surface area contributed by atoms with Crippen LogP contribution in [0.5, 0.6) is 0 Å². The number of rotatable bonds is 3. The molecule has 4 aromatic rings. The summed E-state index contributed by atoms with van der Waals surface area (Å²) in [6, 6.07) is 20.0. The molecular formula is C24H13F5. The van der Waals surface area contributed by atoms with E-state index in [1.165, 1.54) is 0 Å². The fourth-order valence-corrected chi connectivity index (χ4v) is 3.20. The normalized spacial score (nSPS) is 10.9. The van der Waals surface area contributed by atoms with Crippen LogP contribution in [0.1, 0.15) is 0 Å². The first-order valence-corrected chi connectivity index (χ1v) is 8.74. The van der Waals surface area contributed by atoms with Crippen molar-refractivity contribution < 1.29 is 22.0 Å². The second-order valence-corrected chi connectivity index (χ2v) is 6.51. The van der Waals surface area contributed by atoms with Gasteiger partial charge in [-0.1, -0.05) is 54.6 Å². The van der Waals surface area contributed by atoms with Crippen molar-refractivity contribution in [3.8, 4) is 33.4 Å². The van der Waals surface area contributed by atoms with Crippen molar-refractivity contribution in [1.29, 1.82) is 0 Å². The predicted octanol–water partition coefficient (Wildman–Crippen LogP) is 7.38. The van der Waals surface area contributed by atoms with Gasteiger partial charge in [0.2, 0.25) is 0 Å². The lowest BCUT2D eigenvalue weighted by atomic mass is 9.97. The summed E-state index contributed by atoms with van der Waals surface area (Å²) in [6.45, 7) is 0. The summed E-state index contributed by atoms with van der Waals surface area (Å²) in [6.07, 6.45) is 0. The van der Waals surface area contributed by atoms with Crippen molar-refractivity contribution in [2.75, 3.05) is 0 Å². The number of halogens is 5. The standard InChI is InChI=1S/C24H13F5/c25-19-10-17(16-8-6-15(7-9-16)14-4-2-1-3-5-14)11-20(26)23(19)18-12-21(27)24(29)22(28)13-18/h1-13H. The maximum atomic E-state index is 14.6.